The Bertz CT molecular complexity index is 886. The smallest absolute Gasteiger partial charge is 0.310 e. The Hall–Kier alpha value is -2.90. The topological polar surface area (TPSA) is 59.3 Å². The average molecular weight is 320 g/mol. The van der Waals surface area contributed by atoms with Gasteiger partial charge < -0.3 is 5.32 Å². The molecule has 118 valence electrons. The fourth-order valence-corrected chi connectivity index (χ4v) is 2.24. The van der Waals surface area contributed by atoms with Crippen molar-refractivity contribution >= 4 is 17.4 Å². The van der Waals surface area contributed by atoms with Crippen molar-refractivity contribution in [3.05, 3.63) is 48.2 Å². The number of hydrogen-bond donors (Lipinski definition) is 1. The number of aromatic nitrogens is 3. The highest BCUT2D eigenvalue weighted by Gasteiger charge is 2.33. The minimum atomic E-state index is -4.48. The third-order valence-corrected chi connectivity index (χ3v) is 3.17. The Morgan fingerprint density at radius 2 is 1.91 bits per heavy atom. The number of imidazole rings is 1. The maximum atomic E-state index is 13.1. The molecule has 0 saturated heterocycles. The highest BCUT2D eigenvalue weighted by molar-refractivity contribution is 5.88. The monoisotopic (exact) mass is 320 g/mol. The summed E-state index contributed by atoms with van der Waals surface area (Å²) in [4.78, 5) is 15.2. The van der Waals surface area contributed by atoms with E-state index in [2.05, 4.69) is 15.4 Å². The molecule has 2 heterocycles. The lowest BCUT2D eigenvalue weighted by atomic mass is 10.0. The molecule has 5 nitrogen and oxygen atoms in total. The molecule has 0 aliphatic heterocycles. The van der Waals surface area contributed by atoms with Crippen LogP contribution in [0.3, 0.4) is 0 Å². The van der Waals surface area contributed by atoms with Crippen molar-refractivity contribution in [2.45, 2.75) is 13.1 Å². The highest BCUT2D eigenvalue weighted by atomic mass is 19.4. The van der Waals surface area contributed by atoms with E-state index in [1.165, 1.54) is 41.9 Å². The molecule has 0 aliphatic rings. The van der Waals surface area contributed by atoms with Gasteiger partial charge in [0.05, 0.1) is 17.5 Å². The molecule has 0 saturated carbocycles. The third-order valence-electron chi connectivity index (χ3n) is 3.17. The van der Waals surface area contributed by atoms with E-state index in [1.807, 2.05) is 0 Å². The van der Waals surface area contributed by atoms with E-state index < -0.39 is 11.7 Å². The van der Waals surface area contributed by atoms with Crippen LogP contribution < -0.4 is 5.32 Å². The summed E-state index contributed by atoms with van der Waals surface area (Å²) in [6.45, 7) is 1.32. The number of fused-ring (bicyclic) bond motifs is 1. The van der Waals surface area contributed by atoms with E-state index in [9.17, 15) is 18.0 Å². The first-order valence-electron chi connectivity index (χ1n) is 6.65. The maximum absolute atomic E-state index is 13.1. The predicted octanol–water partition coefficient (Wildman–Crippen LogP) is 3.37. The summed E-state index contributed by atoms with van der Waals surface area (Å²) in [7, 11) is 0. The number of nitrogens with zero attached hydrogens (tertiary/aromatic N) is 3. The molecular formula is C15H11F3N4O. The zero-order valence-corrected chi connectivity index (χ0v) is 11.9. The summed E-state index contributed by atoms with van der Waals surface area (Å²) in [5.74, 6) is -0.0338. The molecule has 2 aromatic heterocycles. The lowest BCUT2D eigenvalue weighted by Gasteiger charge is -2.12. The normalized spacial score (nSPS) is 11.7. The fourth-order valence-electron chi connectivity index (χ4n) is 2.24. The van der Waals surface area contributed by atoms with Crippen molar-refractivity contribution in [1.82, 2.24) is 14.6 Å². The van der Waals surface area contributed by atoms with Gasteiger partial charge in [-0.05, 0) is 18.2 Å². The van der Waals surface area contributed by atoms with Crippen molar-refractivity contribution in [3.63, 3.8) is 0 Å². The van der Waals surface area contributed by atoms with Crippen LogP contribution in [0.5, 0.6) is 0 Å². The van der Waals surface area contributed by atoms with Crippen molar-refractivity contribution in [3.8, 4) is 11.3 Å². The molecule has 8 heteroatoms. The van der Waals surface area contributed by atoms with E-state index in [0.717, 1.165) is 6.07 Å². The Balaban J connectivity index is 2.16. The maximum Gasteiger partial charge on any atom is 0.417 e. The van der Waals surface area contributed by atoms with Crippen LogP contribution >= 0.6 is 0 Å². The number of rotatable bonds is 2. The van der Waals surface area contributed by atoms with E-state index in [4.69, 9.17) is 0 Å². The van der Waals surface area contributed by atoms with Crippen LogP contribution in [0.2, 0.25) is 0 Å². The van der Waals surface area contributed by atoms with Gasteiger partial charge in [0.2, 0.25) is 5.91 Å². The summed E-state index contributed by atoms with van der Waals surface area (Å²) >= 11 is 0. The molecule has 0 atom stereocenters. The van der Waals surface area contributed by atoms with Crippen LogP contribution in [-0.2, 0) is 11.0 Å². The first-order valence-corrected chi connectivity index (χ1v) is 6.65. The molecule has 0 fully saturated rings. The number of anilines is 1. The van der Waals surface area contributed by atoms with Crippen LogP contribution in [0.15, 0.2) is 42.6 Å². The van der Waals surface area contributed by atoms with E-state index in [-0.39, 0.29) is 17.2 Å². The summed E-state index contributed by atoms with van der Waals surface area (Å²) < 4.78 is 40.7. The summed E-state index contributed by atoms with van der Waals surface area (Å²) in [6.07, 6.45) is -3.09. The fraction of sp³-hybridized carbons (Fsp3) is 0.133. The lowest BCUT2D eigenvalue weighted by Crippen LogP contribution is -2.10. The van der Waals surface area contributed by atoms with Gasteiger partial charge in [0.25, 0.3) is 0 Å². The van der Waals surface area contributed by atoms with Gasteiger partial charge in [0, 0.05) is 12.5 Å². The Kier molecular flexibility index (Phi) is 3.51. The number of carbonyl (C=O) groups excluding carboxylic acids is 1. The first-order chi connectivity index (χ1) is 10.9. The Labute approximate surface area is 128 Å². The highest BCUT2D eigenvalue weighted by Crippen LogP contribution is 2.36. The summed E-state index contributed by atoms with van der Waals surface area (Å²) in [6, 6.07) is 8.20. The molecular weight excluding hydrogens is 309 g/mol. The van der Waals surface area contributed by atoms with Crippen molar-refractivity contribution in [2.24, 2.45) is 0 Å². The average Bonchev–Trinajstić information content (AvgIpc) is 2.88. The molecule has 1 aromatic carbocycles. The predicted molar refractivity (Wildman–Crippen MR) is 77.7 cm³/mol. The second-order valence-corrected chi connectivity index (χ2v) is 4.86. The molecule has 0 bridgehead atoms. The van der Waals surface area contributed by atoms with Gasteiger partial charge in [-0.15, -0.1) is 0 Å². The zero-order chi connectivity index (χ0) is 16.6. The van der Waals surface area contributed by atoms with Crippen LogP contribution in [0, 0.1) is 0 Å². The Morgan fingerprint density at radius 1 is 1.17 bits per heavy atom. The Morgan fingerprint density at radius 3 is 2.61 bits per heavy atom. The number of benzene rings is 1. The van der Waals surface area contributed by atoms with Gasteiger partial charge in [0.1, 0.15) is 0 Å². The summed E-state index contributed by atoms with van der Waals surface area (Å²) in [5.41, 5.74) is -0.255. The van der Waals surface area contributed by atoms with Gasteiger partial charge in [-0.1, -0.05) is 18.2 Å². The molecule has 3 rings (SSSR count). The number of nitrogens with one attached hydrogen (secondary N) is 1. The molecule has 1 amide bonds. The van der Waals surface area contributed by atoms with Crippen LogP contribution in [-0.4, -0.2) is 20.5 Å². The van der Waals surface area contributed by atoms with Gasteiger partial charge in [-0.3, -0.25) is 4.79 Å². The molecule has 1 N–H and O–H groups in total. The second-order valence-electron chi connectivity index (χ2n) is 4.86. The van der Waals surface area contributed by atoms with Gasteiger partial charge in [-0.2, -0.15) is 22.8 Å². The van der Waals surface area contributed by atoms with E-state index in [1.54, 1.807) is 6.07 Å². The third kappa shape index (κ3) is 2.87. The summed E-state index contributed by atoms with van der Waals surface area (Å²) in [5, 5.41) is 6.70. The second kappa shape index (κ2) is 5.38. The minimum absolute atomic E-state index is 0.0376. The molecule has 0 spiro atoms. The van der Waals surface area contributed by atoms with Crippen molar-refractivity contribution in [2.75, 3.05) is 5.32 Å². The molecule has 0 radical (unpaired) electrons. The van der Waals surface area contributed by atoms with Crippen molar-refractivity contribution in [1.29, 1.82) is 0 Å². The van der Waals surface area contributed by atoms with Crippen LogP contribution in [0.1, 0.15) is 12.5 Å². The van der Waals surface area contributed by atoms with Gasteiger partial charge >= 0.3 is 6.18 Å². The quantitative estimate of drug-likeness (QED) is 0.787. The number of amides is 1. The largest absolute Gasteiger partial charge is 0.417 e. The molecule has 23 heavy (non-hydrogen) atoms. The molecule has 0 unspecified atom stereocenters. The first kappa shape index (κ1) is 15.0. The van der Waals surface area contributed by atoms with E-state index in [0.29, 0.717) is 11.5 Å². The standard InChI is InChI=1S/C15H11F3N4O/c1-9(23)20-14-8-19-13-7-6-12(21-22(13)14)10-4-2-3-5-11(10)15(16,17)18/h2-8H,1H3,(H,20,23). The minimum Gasteiger partial charge on any atom is -0.310 e. The van der Waals surface area contributed by atoms with Crippen LogP contribution in [0.4, 0.5) is 19.0 Å². The zero-order valence-electron chi connectivity index (χ0n) is 11.9. The number of alkyl halides is 3. The number of hydrogen-bond acceptors (Lipinski definition) is 3. The lowest BCUT2D eigenvalue weighted by molar-refractivity contribution is -0.137. The van der Waals surface area contributed by atoms with E-state index >= 15 is 0 Å². The molecule has 0 aliphatic carbocycles. The SMILES string of the molecule is CC(=O)Nc1cnc2ccc(-c3ccccc3C(F)(F)F)nn12. The van der Waals surface area contributed by atoms with Crippen LogP contribution in [0.25, 0.3) is 16.9 Å². The van der Waals surface area contributed by atoms with Gasteiger partial charge in [0.15, 0.2) is 11.5 Å². The number of carbonyl (C=O) groups is 1. The molecule has 3 aromatic rings. The van der Waals surface area contributed by atoms with Crippen molar-refractivity contribution < 1.29 is 18.0 Å². The number of halogens is 3. The van der Waals surface area contributed by atoms with Gasteiger partial charge in [-0.25, -0.2) is 4.98 Å².